The lowest BCUT2D eigenvalue weighted by Crippen LogP contribution is -2.39. The number of sulfonamides is 1. The van der Waals surface area contributed by atoms with Gasteiger partial charge in [0.05, 0.1) is 4.90 Å². The summed E-state index contributed by atoms with van der Waals surface area (Å²) in [6.07, 6.45) is 4.99. The molecule has 1 heterocycles. The highest BCUT2D eigenvalue weighted by Gasteiger charge is 2.32. The Kier molecular flexibility index (Phi) is 5.47. The topological polar surface area (TPSA) is 37.4 Å². The Balaban J connectivity index is 2.41. The standard InChI is InChI=1S/C15H22ClNO2S/c1-2-14-9-4-3-7-11-17(14)20(18,19)15-10-6-5-8-13(15)12-16/h5-6,8,10,14H,2-4,7,9,11-12H2,1H3. The summed E-state index contributed by atoms with van der Waals surface area (Å²) in [5.74, 6) is 0.222. The molecular formula is C15H22ClNO2S. The number of rotatable bonds is 4. The van der Waals surface area contributed by atoms with E-state index in [1.807, 2.05) is 6.07 Å². The van der Waals surface area contributed by atoms with Crippen LogP contribution in [0.25, 0.3) is 0 Å². The van der Waals surface area contributed by atoms with Gasteiger partial charge in [0, 0.05) is 18.5 Å². The van der Waals surface area contributed by atoms with Crippen molar-refractivity contribution < 1.29 is 8.42 Å². The monoisotopic (exact) mass is 315 g/mol. The minimum absolute atomic E-state index is 0.117. The molecule has 1 aliphatic heterocycles. The molecule has 1 saturated heterocycles. The van der Waals surface area contributed by atoms with Crippen molar-refractivity contribution in [3.8, 4) is 0 Å². The number of hydrogen-bond donors (Lipinski definition) is 0. The zero-order valence-corrected chi connectivity index (χ0v) is 13.5. The van der Waals surface area contributed by atoms with Crippen LogP contribution in [0.5, 0.6) is 0 Å². The van der Waals surface area contributed by atoms with Crippen LogP contribution in [0.4, 0.5) is 0 Å². The van der Waals surface area contributed by atoms with E-state index in [-0.39, 0.29) is 11.9 Å². The summed E-state index contributed by atoms with van der Waals surface area (Å²) >= 11 is 5.90. The number of benzene rings is 1. The highest BCUT2D eigenvalue weighted by molar-refractivity contribution is 7.89. The van der Waals surface area contributed by atoms with Crippen molar-refractivity contribution in [1.82, 2.24) is 4.31 Å². The second-order valence-electron chi connectivity index (χ2n) is 5.27. The molecule has 3 nitrogen and oxygen atoms in total. The van der Waals surface area contributed by atoms with E-state index in [4.69, 9.17) is 11.6 Å². The Labute approximate surface area is 127 Å². The Morgan fingerprint density at radius 3 is 2.70 bits per heavy atom. The van der Waals surface area contributed by atoms with E-state index < -0.39 is 10.0 Å². The van der Waals surface area contributed by atoms with Gasteiger partial charge in [-0.1, -0.05) is 38.0 Å². The molecule has 0 bridgehead atoms. The van der Waals surface area contributed by atoms with E-state index in [1.165, 1.54) is 0 Å². The first-order valence-electron chi connectivity index (χ1n) is 7.27. The molecule has 2 rings (SSSR count). The zero-order chi connectivity index (χ0) is 14.6. The minimum atomic E-state index is -3.44. The van der Waals surface area contributed by atoms with Crippen molar-refractivity contribution >= 4 is 21.6 Å². The smallest absolute Gasteiger partial charge is 0.207 e. The Morgan fingerprint density at radius 1 is 1.25 bits per heavy atom. The summed E-state index contributed by atoms with van der Waals surface area (Å²) in [5, 5.41) is 0. The Bertz CT molecular complexity index is 545. The second-order valence-corrected chi connectivity index (χ2v) is 7.39. The Hall–Kier alpha value is -0.580. The molecule has 0 aromatic heterocycles. The highest BCUT2D eigenvalue weighted by Crippen LogP contribution is 2.28. The van der Waals surface area contributed by atoms with Crippen LogP contribution >= 0.6 is 11.6 Å². The first-order valence-corrected chi connectivity index (χ1v) is 9.24. The fourth-order valence-corrected chi connectivity index (χ4v) is 5.17. The molecule has 0 radical (unpaired) electrons. The van der Waals surface area contributed by atoms with E-state index in [0.29, 0.717) is 17.0 Å². The summed E-state index contributed by atoms with van der Waals surface area (Å²) in [5.41, 5.74) is 0.688. The normalized spacial score (nSPS) is 21.6. The third-order valence-electron chi connectivity index (χ3n) is 4.00. The molecule has 5 heteroatoms. The van der Waals surface area contributed by atoms with E-state index in [9.17, 15) is 8.42 Å². The van der Waals surface area contributed by atoms with Crippen molar-refractivity contribution in [2.75, 3.05) is 6.54 Å². The predicted octanol–water partition coefficient (Wildman–Crippen LogP) is 3.77. The van der Waals surface area contributed by atoms with Gasteiger partial charge in [0.25, 0.3) is 0 Å². The van der Waals surface area contributed by atoms with Crippen molar-refractivity contribution in [2.45, 2.75) is 55.8 Å². The molecule has 0 saturated carbocycles. The zero-order valence-electron chi connectivity index (χ0n) is 11.9. The SMILES string of the molecule is CCC1CCCCCN1S(=O)(=O)c1ccccc1CCl. The summed E-state index contributed by atoms with van der Waals surface area (Å²) in [6.45, 7) is 2.68. The summed E-state index contributed by atoms with van der Waals surface area (Å²) in [6, 6.07) is 7.17. The highest BCUT2D eigenvalue weighted by atomic mass is 35.5. The molecule has 1 unspecified atom stereocenters. The lowest BCUT2D eigenvalue weighted by molar-refractivity contribution is 0.315. The molecule has 0 aliphatic carbocycles. The van der Waals surface area contributed by atoms with Gasteiger partial charge in [-0.2, -0.15) is 4.31 Å². The molecule has 0 spiro atoms. The number of hydrogen-bond acceptors (Lipinski definition) is 2. The average Bonchev–Trinajstić information content (AvgIpc) is 2.72. The predicted molar refractivity (Wildman–Crippen MR) is 82.4 cm³/mol. The molecule has 1 aliphatic rings. The van der Waals surface area contributed by atoms with Crippen molar-refractivity contribution in [3.05, 3.63) is 29.8 Å². The van der Waals surface area contributed by atoms with Gasteiger partial charge in [-0.3, -0.25) is 0 Å². The number of halogens is 1. The lowest BCUT2D eigenvalue weighted by Gasteiger charge is -2.29. The fraction of sp³-hybridized carbons (Fsp3) is 0.600. The minimum Gasteiger partial charge on any atom is -0.207 e. The third kappa shape index (κ3) is 3.18. The summed E-state index contributed by atoms with van der Waals surface area (Å²) in [4.78, 5) is 0.371. The van der Waals surface area contributed by atoms with E-state index in [1.54, 1.807) is 22.5 Å². The molecule has 0 amide bonds. The van der Waals surface area contributed by atoms with Gasteiger partial charge in [-0.15, -0.1) is 11.6 Å². The van der Waals surface area contributed by atoms with Crippen LogP contribution < -0.4 is 0 Å². The largest absolute Gasteiger partial charge is 0.243 e. The van der Waals surface area contributed by atoms with Gasteiger partial charge < -0.3 is 0 Å². The van der Waals surface area contributed by atoms with Gasteiger partial charge in [-0.05, 0) is 30.9 Å². The summed E-state index contributed by atoms with van der Waals surface area (Å²) in [7, 11) is -3.44. The third-order valence-corrected chi connectivity index (χ3v) is 6.34. The molecule has 1 aromatic carbocycles. The average molecular weight is 316 g/mol. The molecule has 0 N–H and O–H groups in total. The maximum Gasteiger partial charge on any atom is 0.243 e. The van der Waals surface area contributed by atoms with Gasteiger partial charge in [0.15, 0.2) is 0 Å². The number of nitrogens with zero attached hydrogens (tertiary/aromatic N) is 1. The van der Waals surface area contributed by atoms with Crippen LogP contribution in [0.2, 0.25) is 0 Å². The van der Waals surface area contributed by atoms with Gasteiger partial charge in [-0.25, -0.2) is 8.42 Å². The van der Waals surface area contributed by atoms with Crippen LogP contribution in [-0.2, 0) is 15.9 Å². The molecule has 1 fully saturated rings. The molecular weight excluding hydrogens is 294 g/mol. The van der Waals surface area contributed by atoms with Crippen LogP contribution in [0, 0.1) is 0 Å². The fourth-order valence-electron chi connectivity index (χ4n) is 2.87. The maximum atomic E-state index is 13.0. The Morgan fingerprint density at radius 2 is 2.00 bits per heavy atom. The van der Waals surface area contributed by atoms with Crippen LogP contribution in [0.15, 0.2) is 29.2 Å². The van der Waals surface area contributed by atoms with E-state index in [2.05, 4.69) is 6.92 Å². The van der Waals surface area contributed by atoms with Gasteiger partial charge >= 0.3 is 0 Å². The van der Waals surface area contributed by atoms with Crippen molar-refractivity contribution in [1.29, 1.82) is 0 Å². The van der Waals surface area contributed by atoms with Crippen LogP contribution in [0.1, 0.15) is 44.6 Å². The molecule has 112 valence electrons. The van der Waals surface area contributed by atoms with E-state index in [0.717, 1.165) is 32.1 Å². The second kappa shape index (κ2) is 6.92. The van der Waals surface area contributed by atoms with E-state index >= 15 is 0 Å². The van der Waals surface area contributed by atoms with Crippen LogP contribution in [-0.4, -0.2) is 25.3 Å². The lowest BCUT2D eigenvalue weighted by atomic mass is 10.1. The maximum absolute atomic E-state index is 13.0. The first-order chi connectivity index (χ1) is 9.61. The van der Waals surface area contributed by atoms with Crippen molar-refractivity contribution in [2.24, 2.45) is 0 Å². The van der Waals surface area contributed by atoms with Gasteiger partial charge in [0.2, 0.25) is 10.0 Å². The van der Waals surface area contributed by atoms with Crippen LogP contribution in [0.3, 0.4) is 0 Å². The van der Waals surface area contributed by atoms with Crippen molar-refractivity contribution in [3.63, 3.8) is 0 Å². The quantitative estimate of drug-likeness (QED) is 0.793. The molecule has 1 atom stereocenters. The number of alkyl halides is 1. The summed E-state index contributed by atoms with van der Waals surface area (Å²) < 4.78 is 27.6. The molecule has 1 aromatic rings. The van der Waals surface area contributed by atoms with Gasteiger partial charge in [0.1, 0.15) is 0 Å². The molecule has 20 heavy (non-hydrogen) atoms. The first kappa shape index (κ1) is 15.8.